The number of Topliss-reactive ketones (excluding diaryl/α,β-unsaturated/α-hetero) is 1. The molecular weight excluding hydrogens is 156 g/mol. The average Bonchev–Trinajstić information content (AvgIpc) is 2.00. The minimum Gasteiger partial charge on any atom is -0.319 e. The lowest BCUT2D eigenvalue weighted by atomic mass is 10.2. The number of carbonyl (C=O) groups excluding carboxylic acids is 1. The van der Waals surface area contributed by atoms with Crippen LogP contribution in [0.15, 0.2) is 0 Å². The summed E-state index contributed by atoms with van der Waals surface area (Å²) in [5.41, 5.74) is 10.8. The molecule has 0 radical (unpaired) electrons. The van der Waals surface area contributed by atoms with Crippen molar-refractivity contribution in [2.45, 2.75) is 19.9 Å². The Hall–Kier alpha value is -1.32. The summed E-state index contributed by atoms with van der Waals surface area (Å²) in [6.45, 7) is 3.50. The minimum absolute atomic E-state index is 0.0734. The van der Waals surface area contributed by atoms with Gasteiger partial charge in [-0.25, -0.2) is 4.67 Å². The Morgan fingerprint density at radius 1 is 1.75 bits per heavy atom. The molecule has 0 aromatic rings. The van der Waals surface area contributed by atoms with Crippen molar-refractivity contribution >= 4 is 18.0 Å². The number of hydrogen-bond donors (Lipinski definition) is 3. The van der Waals surface area contributed by atoms with Crippen molar-refractivity contribution in [1.29, 1.82) is 0 Å². The maximum Gasteiger partial charge on any atom is 0.435 e. The Labute approximate surface area is 71.6 Å². The van der Waals surface area contributed by atoms with E-state index in [2.05, 4.69) is 9.98 Å². The number of nitrogens with zero attached hydrogens (tertiary/aromatic N) is 1. The predicted molar refractivity (Wildman–Crippen MR) is 49.7 cm³/mol. The molecule has 12 heavy (non-hydrogen) atoms. The average molecular weight is 171 g/mol. The summed E-state index contributed by atoms with van der Waals surface area (Å²) in [7, 11) is 0. The summed E-state index contributed by atoms with van der Waals surface area (Å²) >= 11 is 0. The standard InChI is InChI=1S/C7H14N4O/c1-3-10-7(9)11-4-6(8)5(2)12/h3,6H,4,8H2,1-2H3,(H2,9,11)/p+1. The van der Waals surface area contributed by atoms with Crippen LogP contribution in [0.1, 0.15) is 13.8 Å². The van der Waals surface area contributed by atoms with Gasteiger partial charge in [0, 0.05) is 0 Å². The second-order valence-electron chi connectivity index (χ2n) is 2.37. The lowest BCUT2D eigenvalue weighted by Gasteiger charge is -2.03. The van der Waals surface area contributed by atoms with Gasteiger partial charge in [0.2, 0.25) is 0 Å². The van der Waals surface area contributed by atoms with Gasteiger partial charge < -0.3 is 5.73 Å². The van der Waals surface area contributed by atoms with Crippen molar-refractivity contribution in [3.05, 3.63) is 0 Å². The molecule has 0 aliphatic carbocycles. The van der Waals surface area contributed by atoms with E-state index in [0.29, 0.717) is 6.54 Å². The Balaban J connectivity index is 3.84. The highest BCUT2D eigenvalue weighted by Gasteiger charge is 2.10. The topological polar surface area (TPSA) is 95.2 Å². The van der Waals surface area contributed by atoms with Crippen molar-refractivity contribution < 1.29 is 4.79 Å². The largest absolute Gasteiger partial charge is 0.435 e. The molecular formula is C7H15N4O+. The second-order valence-corrected chi connectivity index (χ2v) is 2.37. The molecule has 0 amide bonds. The fourth-order valence-corrected chi connectivity index (χ4v) is 0.543. The van der Waals surface area contributed by atoms with Crippen LogP contribution < -0.4 is 21.5 Å². The first-order valence-electron chi connectivity index (χ1n) is 3.69. The summed E-state index contributed by atoms with van der Waals surface area (Å²) in [5.74, 6) is 0.199. The van der Waals surface area contributed by atoms with Crippen molar-refractivity contribution in [1.82, 2.24) is 9.98 Å². The van der Waals surface area contributed by atoms with E-state index in [1.54, 1.807) is 13.1 Å². The predicted octanol–water partition coefficient (Wildman–Crippen LogP) is -2.04. The summed E-state index contributed by atoms with van der Waals surface area (Å²) in [6.07, 6.45) is 1.56. The van der Waals surface area contributed by atoms with Crippen LogP contribution in [0.5, 0.6) is 0 Å². The van der Waals surface area contributed by atoms with E-state index in [1.165, 1.54) is 6.92 Å². The molecule has 68 valence electrons. The van der Waals surface area contributed by atoms with Gasteiger partial charge in [-0.15, -0.1) is 0 Å². The number of rotatable bonds is 3. The summed E-state index contributed by atoms with van der Waals surface area (Å²) < 4.78 is 3.75. The lowest BCUT2D eigenvalue weighted by molar-refractivity contribution is -0.118. The molecule has 0 aliphatic heterocycles. The van der Waals surface area contributed by atoms with Gasteiger partial charge in [-0.3, -0.25) is 15.8 Å². The van der Waals surface area contributed by atoms with Crippen molar-refractivity contribution in [3.63, 3.8) is 0 Å². The molecule has 0 spiro atoms. The zero-order valence-corrected chi connectivity index (χ0v) is 7.37. The maximum atomic E-state index is 10.7. The van der Waals surface area contributed by atoms with E-state index in [9.17, 15) is 4.79 Å². The number of carbonyl (C=O) groups is 1. The number of guanidine groups is 1. The van der Waals surface area contributed by atoms with Crippen molar-refractivity contribution in [3.8, 4) is 0 Å². The van der Waals surface area contributed by atoms with Gasteiger partial charge in [-0.2, -0.15) is 0 Å². The maximum absolute atomic E-state index is 10.7. The Morgan fingerprint density at radius 3 is 2.75 bits per heavy atom. The molecule has 1 atom stereocenters. The zero-order chi connectivity index (χ0) is 9.56. The van der Waals surface area contributed by atoms with Crippen LogP contribution in [0.3, 0.4) is 0 Å². The van der Waals surface area contributed by atoms with Crippen LogP contribution in [0.25, 0.3) is 0 Å². The Kier molecular flexibility index (Phi) is 4.76. The van der Waals surface area contributed by atoms with E-state index in [1.807, 2.05) is 0 Å². The van der Waals surface area contributed by atoms with Crippen LogP contribution in [-0.2, 0) is 4.79 Å². The quantitative estimate of drug-likeness (QED) is 0.259. The number of nitrogens with one attached hydrogen (secondary N) is 1. The summed E-state index contributed by atoms with van der Waals surface area (Å²) in [6, 6.07) is -0.518. The highest BCUT2D eigenvalue weighted by Crippen LogP contribution is 1.76. The van der Waals surface area contributed by atoms with E-state index in [4.69, 9.17) is 11.5 Å². The smallest absolute Gasteiger partial charge is 0.319 e. The third kappa shape index (κ3) is 4.49. The van der Waals surface area contributed by atoms with E-state index >= 15 is 0 Å². The van der Waals surface area contributed by atoms with Crippen LogP contribution >= 0.6 is 0 Å². The minimum atomic E-state index is -0.518. The highest BCUT2D eigenvalue weighted by molar-refractivity contribution is 5.83. The molecule has 0 saturated carbocycles. The molecule has 0 aliphatic rings. The number of ketones is 1. The lowest BCUT2D eigenvalue weighted by Crippen LogP contribution is -2.45. The summed E-state index contributed by atoms with van der Waals surface area (Å²) in [5, 5.41) is 2.72. The zero-order valence-electron chi connectivity index (χ0n) is 7.37. The second kappa shape index (κ2) is 5.35. The molecule has 1 unspecified atom stereocenters. The van der Waals surface area contributed by atoms with E-state index in [0.717, 1.165) is 0 Å². The fourth-order valence-electron chi connectivity index (χ4n) is 0.543. The van der Waals surface area contributed by atoms with Gasteiger partial charge in [-0.05, 0) is 13.8 Å². The van der Waals surface area contributed by atoms with Crippen molar-refractivity contribution in [2.75, 3.05) is 6.54 Å². The molecule has 5 N–H and O–H groups in total. The molecule has 0 bridgehead atoms. The van der Waals surface area contributed by atoms with E-state index < -0.39 is 6.04 Å². The summed E-state index contributed by atoms with van der Waals surface area (Å²) in [4.78, 5) is 10.7. The molecule has 0 fully saturated rings. The van der Waals surface area contributed by atoms with Crippen molar-refractivity contribution in [2.24, 2.45) is 11.5 Å². The van der Waals surface area contributed by atoms with Gasteiger partial charge in [0.15, 0.2) is 0 Å². The Bertz CT molecular complexity index is 217. The first-order chi connectivity index (χ1) is 5.57. The first kappa shape index (κ1) is 10.7. The van der Waals surface area contributed by atoms with E-state index in [-0.39, 0.29) is 11.7 Å². The first-order valence-corrected chi connectivity index (χ1v) is 3.69. The third-order valence-corrected chi connectivity index (χ3v) is 1.29. The molecule has 5 nitrogen and oxygen atoms in total. The van der Waals surface area contributed by atoms with Crippen LogP contribution in [-0.4, -0.2) is 30.5 Å². The molecule has 0 heterocycles. The van der Waals surface area contributed by atoms with Crippen LogP contribution in [0.4, 0.5) is 0 Å². The van der Waals surface area contributed by atoms with Gasteiger partial charge in [0.1, 0.15) is 12.0 Å². The van der Waals surface area contributed by atoms with Gasteiger partial charge in [0.25, 0.3) is 0 Å². The Morgan fingerprint density at radius 2 is 2.33 bits per heavy atom. The SMILES string of the molecule is CC=[N+]=C(N)NCC(N)C(C)=O. The molecule has 0 saturated heterocycles. The molecule has 5 heteroatoms. The van der Waals surface area contributed by atoms with Gasteiger partial charge in [-0.1, -0.05) is 0 Å². The molecule has 0 aromatic carbocycles. The number of nitrogens with two attached hydrogens (primary N) is 2. The number of hydrogen-bond acceptors (Lipinski definition) is 2. The molecule has 0 rings (SSSR count). The normalized spacial score (nSPS) is 11.2. The van der Waals surface area contributed by atoms with Gasteiger partial charge >= 0.3 is 5.96 Å². The molecule has 0 aromatic heterocycles. The van der Waals surface area contributed by atoms with Gasteiger partial charge in [0.05, 0.1) is 12.6 Å². The van der Waals surface area contributed by atoms with Crippen LogP contribution in [0.2, 0.25) is 0 Å². The highest BCUT2D eigenvalue weighted by atomic mass is 16.1. The monoisotopic (exact) mass is 171 g/mol. The fraction of sp³-hybridized carbons (Fsp3) is 0.571. The third-order valence-electron chi connectivity index (χ3n) is 1.29. The van der Waals surface area contributed by atoms with Crippen LogP contribution in [0, 0.1) is 0 Å².